The van der Waals surface area contributed by atoms with Gasteiger partial charge in [0.25, 0.3) is 0 Å². The molecule has 1 aromatic heterocycles. The number of halogens is 1. The van der Waals surface area contributed by atoms with Crippen LogP contribution in [0.2, 0.25) is 5.02 Å². The van der Waals surface area contributed by atoms with Gasteiger partial charge in [-0.1, -0.05) is 49.7 Å². The molecule has 0 aliphatic carbocycles. The Hall–Kier alpha value is -3.77. The van der Waals surface area contributed by atoms with Crippen molar-refractivity contribution in [3.8, 4) is 17.2 Å². The molecule has 0 amide bonds. The molecule has 0 aliphatic heterocycles. The maximum Gasteiger partial charge on any atom is 0.344 e. The minimum absolute atomic E-state index is 0.170. The number of hydrogen-bond acceptors (Lipinski definition) is 5. The van der Waals surface area contributed by atoms with E-state index in [4.69, 9.17) is 30.9 Å². The molecular weight excluding hydrogens is 466 g/mol. The fourth-order valence-electron chi connectivity index (χ4n) is 3.16. The van der Waals surface area contributed by atoms with Crippen LogP contribution in [0.1, 0.15) is 32.0 Å². The number of pyridine rings is 1. The first-order valence-corrected chi connectivity index (χ1v) is 11.7. The minimum Gasteiger partial charge on any atom is -0.489 e. The fourth-order valence-corrected chi connectivity index (χ4v) is 3.35. The molecule has 1 unspecified atom stereocenters. The van der Waals surface area contributed by atoms with Crippen LogP contribution < -0.4 is 14.2 Å². The Morgan fingerprint density at radius 2 is 1.57 bits per heavy atom. The highest BCUT2D eigenvalue weighted by atomic mass is 35.5. The lowest BCUT2D eigenvalue weighted by Crippen LogP contribution is -2.23. The summed E-state index contributed by atoms with van der Waals surface area (Å²) in [4.78, 5) is 15.7. The van der Waals surface area contributed by atoms with E-state index in [0.717, 1.165) is 16.6 Å². The van der Waals surface area contributed by atoms with E-state index in [-0.39, 0.29) is 6.61 Å². The highest BCUT2D eigenvalue weighted by molar-refractivity contribution is 6.30. The average Bonchev–Trinajstić information content (AvgIpc) is 2.89. The predicted octanol–water partition coefficient (Wildman–Crippen LogP) is 6.92. The monoisotopic (exact) mass is 493 g/mol. The van der Waals surface area contributed by atoms with Crippen molar-refractivity contribution in [2.75, 3.05) is 0 Å². The summed E-state index contributed by atoms with van der Waals surface area (Å²) in [5.41, 5.74) is 2.43. The SMILES string of the molecule is CC.CC(Oc1ccc(Cl)cc1COc1ccc(OCc2ccc3ccccc3n2)cc1)C(=O)O. The molecule has 3 aromatic carbocycles. The summed E-state index contributed by atoms with van der Waals surface area (Å²) in [5, 5.41) is 10.7. The molecule has 0 aliphatic rings. The second-order valence-electron chi connectivity index (χ2n) is 7.39. The van der Waals surface area contributed by atoms with Crippen molar-refractivity contribution < 1.29 is 24.1 Å². The minimum atomic E-state index is -1.05. The van der Waals surface area contributed by atoms with Gasteiger partial charge in [0.15, 0.2) is 6.10 Å². The summed E-state index contributed by atoms with van der Waals surface area (Å²) in [6.07, 6.45) is -0.988. The summed E-state index contributed by atoms with van der Waals surface area (Å²) >= 11 is 6.09. The highest BCUT2D eigenvalue weighted by Crippen LogP contribution is 2.26. The Balaban J connectivity index is 0.00000167. The number of para-hydroxylation sites is 1. The first-order chi connectivity index (χ1) is 17.0. The molecule has 0 spiro atoms. The number of carboxylic acids is 1. The molecule has 0 bridgehead atoms. The van der Waals surface area contributed by atoms with Gasteiger partial charge in [0.05, 0.1) is 11.2 Å². The maximum absolute atomic E-state index is 11.1. The summed E-state index contributed by atoms with van der Waals surface area (Å²) in [6, 6.07) is 24.1. The van der Waals surface area contributed by atoms with Crippen molar-refractivity contribution >= 4 is 28.5 Å². The van der Waals surface area contributed by atoms with Gasteiger partial charge in [0.1, 0.15) is 30.5 Å². The molecule has 6 nitrogen and oxygen atoms in total. The quantitative estimate of drug-likeness (QED) is 0.272. The number of rotatable bonds is 9. The zero-order valence-corrected chi connectivity index (χ0v) is 20.7. The van der Waals surface area contributed by atoms with Crippen LogP contribution in [0.3, 0.4) is 0 Å². The average molecular weight is 494 g/mol. The summed E-state index contributed by atoms with van der Waals surface area (Å²) in [6.45, 7) is 5.99. The third-order valence-corrected chi connectivity index (χ3v) is 5.17. The van der Waals surface area contributed by atoms with E-state index >= 15 is 0 Å². The molecule has 0 radical (unpaired) electrons. The molecule has 182 valence electrons. The molecule has 7 heteroatoms. The van der Waals surface area contributed by atoms with Gasteiger partial charge < -0.3 is 19.3 Å². The molecule has 4 aromatic rings. The van der Waals surface area contributed by atoms with Gasteiger partial charge in [-0.15, -0.1) is 0 Å². The molecule has 1 N–H and O–H groups in total. The summed E-state index contributed by atoms with van der Waals surface area (Å²) in [7, 11) is 0. The van der Waals surface area contributed by atoms with Crippen molar-refractivity contribution in [1.82, 2.24) is 4.98 Å². The van der Waals surface area contributed by atoms with Gasteiger partial charge >= 0.3 is 5.97 Å². The number of aliphatic carboxylic acids is 1. The number of fused-ring (bicyclic) bond motifs is 1. The maximum atomic E-state index is 11.1. The number of carboxylic acid groups (broad SMARTS) is 1. The lowest BCUT2D eigenvalue weighted by atomic mass is 10.2. The number of aromatic nitrogens is 1. The van der Waals surface area contributed by atoms with Crippen LogP contribution >= 0.6 is 11.6 Å². The third kappa shape index (κ3) is 7.36. The number of nitrogens with zero attached hydrogens (tertiary/aromatic N) is 1. The third-order valence-electron chi connectivity index (χ3n) is 4.93. The van der Waals surface area contributed by atoms with Crippen LogP contribution in [0.15, 0.2) is 78.9 Å². The van der Waals surface area contributed by atoms with Crippen LogP contribution in [-0.2, 0) is 18.0 Å². The zero-order valence-electron chi connectivity index (χ0n) is 19.9. The van der Waals surface area contributed by atoms with Gasteiger partial charge in [-0.05, 0) is 61.5 Å². The van der Waals surface area contributed by atoms with Crippen LogP contribution in [0.5, 0.6) is 17.2 Å². The normalized spacial score (nSPS) is 11.2. The van der Waals surface area contributed by atoms with E-state index < -0.39 is 12.1 Å². The van der Waals surface area contributed by atoms with E-state index in [0.29, 0.717) is 34.4 Å². The molecule has 0 saturated carbocycles. The molecule has 0 fully saturated rings. The van der Waals surface area contributed by atoms with Gasteiger partial charge in [-0.2, -0.15) is 0 Å². The Morgan fingerprint density at radius 1 is 0.914 bits per heavy atom. The van der Waals surface area contributed by atoms with Crippen molar-refractivity contribution in [2.24, 2.45) is 0 Å². The number of carbonyl (C=O) groups is 1. The predicted molar refractivity (Wildman–Crippen MR) is 137 cm³/mol. The lowest BCUT2D eigenvalue weighted by molar-refractivity contribution is -0.144. The molecular formula is C28H28ClNO5. The van der Waals surface area contributed by atoms with E-state index in [1.54, 1.807) is 30.3 Å². The van der Waals surface area contributed by atoms with Gasteiger partial charge in [-0.3, -0.25) is 0 Å². The molecule has 1 heterocycles. The topological polar surface area (TPSA) is 77.9 Å². The van der Waals surface area contributed by atoms with E-state index in [1.165, 1.54) is 6.92 Å². The van der Waals surface area contributed by atoms with Crippen LogP contribution in [0, 0.1) is 0 Å². The Bertz CT molecular complexity index is 1260. The van der Waals surface area contributed by atoms with E-state index in [1.807, 2.05) is 62.4 Å². The van der Waals surface area contributed by atoms with Crippen LogP contribution in [0.25, 0.3) is 10.9 Å². The lowest BCUT2D eigenvalue weighted by Gasteiger charge is -2.15. The van der Waals surface area contributed by atoms with Crippen LogP contribution in [0.4, 0.5) is 0 Å². The van der Waals surface area contributed by atoms with Gasteiger partial charge in [-0.25, -0.2) is 9.78 Å². The summed E-state index contributed by atoms with van der Waals surface area (Å²) < 4.78 is 17.2. The number of ether oxygens (including phenoxy) is 3. The van der Waals surface area contributed by atoms with Crippen molar-refractivity contribution in [3.05, 3.63) is 95.1 Å². The Morgan fingerprint density at radius 3 is 2.26 bits per heavy atom. The van der Waals surface area contributed by atoms with Crippen molar-refractivity contribution in [1.29, 1.82) is 0 Å². The second-order valence-corrected chi connectivity index (χ2v) is 7.83. The molecule has 0 saturated heterocycles. The second kappa shape index (κ2) is 12.6. The first-order valence-electron chi connectivity index (χ1n) is 11.4. The number of benzene rings is 3. The standard InChI is InChI=1S/C26H22ClNO5.C2H6/c1-17(26(29)30)33-25-13-7-20(27)14-19(25)15-31-22-9-11-23(12-10-22)32-16-21-8-6-18-4-2-3-5-24(18)28-21;1-2/h2-14,17H,15-16H2,1H3,(H,29,30);1-2H3. The van der Waals surface area contributed by atoms with Gasteiger partial charge in [0.2, 0.25) is 0 Å². The summed E-state index contributed by atoms with van der Waals surface area (Å²) in [5.74, 6) is 0.686. The zero-order chi connectivity index (χ0) is 25.2. The van der Waals surface area contributed by atoms with Crippen LogP contribution in [-0.4, -0.2) is 22.2 Å². The van der Waals surface area contributed by atoms with E-state index in [2.05, 4.69) is 4.98 Å². The van der Waals surface area contributed by atoms with E-state index in [9.17, 15) is 4.79 Å². The molecule has 35 heavy (non-hydrogen) atoms. The molecule has 1 atom stereocenters. The smallest absolute Gasteiger partial charge is 0.344 e. The first kappa shape index (κ1) is 25.8. The highest BCUT2D eigenvalue weighted by Gasteiger charge is 2.15. The van der Waals surface area contributed by atoms with Crippen molar-refractivity contribution in [2.45, 2.75) is 40.1 Å². The Labute approximate surface area is 210 Å². The fraction of sp³-hybridized carbons (Fsp3) is 0.214. The van der Waals surface area contributed by atoms with Gasteiger partial charge in [0, 0.05) is 16.0 Å². The number of hydrogen-bond donors (Lipinski definition) is 1. The molecule has 4 rings (SSSR count). The van der Waals surface area contributed by atoms with Crippen molar-refractivity contribution in [3.63, 3.8) is 0 Å². The Kier molecular flexibility index (Phi) is 9.32. The largest absolute Gasteiger partial charge is 0.489 e.